The molecule has 2 aromatic rings. The fraction of sp³-hybridized carbons (Fsp3) is 0.500. The molecule has 1 unspecified atom stereocenters. The number of aryl methyl sites for hydroxylation is 3. The van der Waals surface area contributed by atoms with Crippen LogP contribution in [0.4, 0.5) is 0 Å². The van der Waals surface area contributed by atoms with Crippen molar-refractivity contribution in [3.63, 3.8) is 0 Å². The van der Waals surface area contributed by atoms with E-state index in [-0.39, 0.29) is 6.04 Å². The van der Waals surface area contributed by atoms with Crippen LogP contribution >= 0.6 is 15.9 Å². The summed E-state index contributed by atoms with van der Waals surface area (Å²) in [6.07, 6.45) is 1.13. The first-order valence-electron chi connectivity index (χ1n) is 6.89. The molecule has 0 spiro atoms. The van der Waals surface area contributed by atoms with Gasteiger partial charge in [0.2, 0.25) is 0 Å². The average molecular weight is 324 g/mol. The Morgan fingerprint density at radius 1 is 1.26 bits per heavy atom. The lowest BCUT2D eigenvalue weighted by Crippen LogP contribution is -2.19. The van der Waals surface area contributed by atoms with E-state index in [1.165, 1.54) is 26.5 Å². The van der Waals surface area contributed by atoms with Crippen molar-refractivity contribution in [2.24, 2.45) is 0 Å². The van der Waals surface area contributed by atoms with Gasteiger partial charge in [-0.05, 0) is 57.9 Å². The number of furan rings is 1. The van der Waals surface area contributed by atoms with Crippen LogP contribution in [-0.4, -0.2) is 6.54 Å². The van der Waals surface area contributed by atoms with Gasteiger partial charge in [-0.2, -0.15) is 0 Å². The Kier molecular flexibility index (Phi) is 4.36. The van der Waals surface area contributed by atoms with Crippen molar-refractivity contribution in [1.29, 1.82) is 0 Å². The molecule has 0 aliphatic heterocycles. The second kappa shape index (κ2) is 5.68. The summed E-state index contributed by atoms with van der Waals surface area (Å²) in [7, 11) is 0. The monoisotopic (exact) mass is 323 g/mol. The number of fused-ring (bicyclic) bond motifs is 1. The Morgan fingerprint density at radius 2 is 1.95 bits per heavy atom. The maximum Gasteiger partial charge on any atom is 0.135 e. The largest absolute Gasteiger partial charge is 0.459 e. The zero-order valence-corrected chi connectivity index (χ0v) is 13.9. The van der Waals surface area contributed by atoms with Crippen molar-refractivity contribution in [3.05, 3.63) is 33.0 Å². The summed E-state index contributed by atoms with van der Waals surface area (Å²) < 4.78 is 7.28. The van der Waals surface area contributed by atoms with Gasteiger partial charge in [0.25, 0.3) is 0 Å². The molecular formula is C16H22BrNO. The van der Waals surface area contributed by atoms with Crippen LogP contribution in [0.5, 0.6) is 0 Å². The summed E-state index contributed by atoms with van der Waals surface area (Å²) in [5, 5.41) is 4.74. The third-order valence-corrected chi connectivity index (χ3v) is 4.92. The second-order valence-corrected chi connectivity index (χ2v) is 6.07. The first-order chi connectivity index (χ1) is 8.97. The Balaban J connectivity index is 2.54. The molecule has 0 aliphatic carbocycles. The Labute approximate surface area is 123 Å². The lowest BCUT2D eigenvalue weighted by Gasteiger charge is -2.11. The molecule has 3 heteroatoms. The number of halogens is 1. The van der Waals surface area contributed by atoms with E-state index in [0.29, 0.717) is 0 Å². The Morgan fingerprint density at radius 3 is 2.58 bits per heavy atom. The molecule has 0 fully saturated rings. The molecule has 1 heterocycles. The number of hydrogen-bond acceptors (Lipinski definition) is 2. The minimum absolute atomic E-state index is 0.255. The van der Waals surface area contributed by atoms with Gasteiger partial charge in [0.15, 0.2) is 0 Å². The molecule has 1 atom stereocenters. The van der Waals surface area contributed by atoms with Crippen LogP contribution in [0.1, 0.15) is 48.8 Å². The van der Waals surface area contributed by atoms with Crippen LogP contribution in [0.2, 0.25) is 0 Å². The van der Waals surface area contributed by atoms with Gasteiger partial charge in [-0.1, -0.05) is 22.9 Å². The quantitative estimate of drug-likeness (QED) is 0.838. The highest BCUT2D eigenvalue weighted by Gasteiger charge is 2.19. The molecule has 0 bridgehead atoms. The van der Waals surface area contributed by atoms with E-state index < -0.39 is 0 Å². The van der Waals surface area contributed by atoms with E-state index in [0.717, 1.165) is 24.3 Å². The molecular weight excluding hydrogens is 302 g/mol. The third-order valence-electron chi connectivity index (χ3n) is 3.70. The molecule has 104 valence electrons. The van der Waals surface area contributed by atoms with Gasteiger partial charge >= 0.3 is 0 Å². The highest BCUT2D eigenvalue weighted by Crippen LogP contribution is 2.36. The van der Waals surface area contributed by atoms with Crippen LogP contribution < -0.4 is 5.32 Å². The predicted octanol–water partition coefficient (Wildman–Crippen LogP) is 5.18. The van der Waals surface area contributed by atoms with Gasteiger partial charge < -0.3 is 9.73 Å². The minimum Gasteiger partial charge on any atom is -0.459 e. The number of benzene rings is 1. The van der Waals surface area contributed by atoms with Crippen molar-refractivity contribution in [2.75, 3.05) is 6.54 Å². The van der Waals surface area contributed by atoms with E-state index in [2.05, 4.69) is 61.9 Å². The maximum atomic E-state index is 6.09. The normalized spacial score (nSPS) is 13.2. The molecule has 0 saturated heterocycles. The number of nitrogens with one attached hydrogen (secondary N) is 1. The highest BCUT2D eigenvalue weighted by atomic mass is 79.9. The van der Waals surface area contributed by atoms with Crippen molar-refractivity contribution < 1.29 is 4.42 Å². The lowest BCUT2D eigenvalue weighted by atomic mass is 10.0. The first-order valence-corrected chi connectivity index (χ1v) is 7.68. The highest BCUT2D eigenvalue weighted by molar-refractivity contribution is 9.10. The first kappa shape index (κ1) is 14.6. The summed E-state index contributed by atoms with van der Waals surface area (Å²) in [5.41, 5.74) is 4.74. The SMILES string of the molecule is CCCNC(C)c1oc2cc(C)c(Br)c(C)c2c1C. The van der Waals surface area contributed by atoms with Crippen LogP contribution in [0, 0.1) is 20.8 Å². The molecule has 1 aromatic carbocycles. The minimum atomic E-state index is 0.255. The molecule has 2 rings (SSSR count). The van der Waals surface area contributed by atoms with Gasteiger partial charge in [0.1, 0.15) is 11.3 Å². The fourth-order valence-corrected chi connectivity index (χ4v) is 2.97. The topological polar surface area (TPSA) is 25.2 Å². The molecule has 2 nitrogen and oxygen atoms in total. The molecule has 0 aliphatic rings. The summed E-state index contributed by atoms with van der Waals surface area (Å²) in [6.45, 7) is 11.8. The standard InChI is InChI=1S/C16H22BrNO/c1-6-7-18-12(5)16-11(4)14-10(3)15(17)9(2)8-13(14)19-16/h8,12,18H,6-7H2,1-5H3. The van der Waals surface area contributed by atoms with Crippen LogP contribution in [0.15, 0.2) is 15.0 Å². The zero-order valence-electron chi connectivity index (χ0n) is 12.4. The Bertz CT molecular complexity index is 601. The third kappa shape index (κ3) is 2.59. The van der Waals surface area contributed by atoms with E-state index in [1.807, 2.05) is 0 Å². The van der Waals surface area contributed by atoms with Gasteiger partial charge in [0.05, 0.1) is 6.04 Å². The molecule has 0 amide bonds. The van der Waals surface area contributed by atoms with E-state index >= 15 is 0 Å². The van der Waals surface area contributed by atoms with Gasteiger partial charge in [0, 0.05) is 15.4 Å². The molecule has 0 radical (unpaired) electrons. The van der Waals surface area contributed by atoms with Crippen molar-refractivity contribution in [3.8, 4) is 0 Å². The summed E-state index contributed by atoms with van der Waals surface area (Å²) in [6, 6.07) is 2.38. The van der Waals surface area contributed by atoms with Gasteiger partial charge in [-0.25, -0.2) is 0 Å². The smallest absolute Gasteiger partial charge is 0.135 e. The average Bonchev–Trinajstić information content (AvgIpc) is 2.70. The number of rotatable bonds is 4. The summed E-state index contributed by atoms with van der Waals surface area (Å²) in [4.78, 5) is 0. The fourth-order valence-electron chi connectivity index (χ4n) is 2.65. The van der Waals surface area contributed by atoms with Crippen molar-refractivity contribution >= 4 is 26.9 Å². The van der Waals surface area contributed by atoms with Gasteiger partial charge in [-0.15, -0.1) is 0 Å². The molecule has 1 N–H and O–H groups in total. The van der Waals surface area contributed by atoms with E-state index in [1.54, 1.807) is 0 Å². The van der Waals surface area contributed by atoms with Crippen LogP contribution in [-0.2, 0) is 0 Å². The van der Waals surface area contributed by atoms with Crippen molar-refractivity contribution in [1.82, 2.24) is 5.32 Å². The summed E-state index contributed by atoms with van der Waals surface area (Å²) >= 11 is 3.67. The maximum absolute atomic E-state index is 6.09. The predicted molar refractivity (Wildman–Crippen MR) is 84.8 cm³/mol. The summed E-state index contributed by atoms with van der Waals surface area (Å²) in [5.74, 6) is 1.06. The van der Waals surface area contributed by atoms with Crippen LogP contribution in [0.25, 0.3) is 11.0 Å². The Hall–Kier alpha value is -0.800. The number of hydrogen-bond donors (Lipinski definition) is 1. The molecule has 0 saturated carbocycles. The lowest BCUT2D eigenvalue weighted by molar-refractivity contribution is 0.448. The van der Waals surface area contributed by atoms with Crippen molar-refractivity contribution in [2.45, 2.75) is 47.1 Å². The van der Waals surface area contributed by atoms with Gasteiger partial charge in [-0.3, -0.25) is 0 Å². The molecule has 1 aromatic heterocycles. The molecule has 19 heavy (non-hydrogen) atoms. The van der Waals surface area contributed by atoms with E-state index in [9.17, 15) is 0 Å². The zero-order chi connectivity index (χ0) is 14.2. The van der Waals surface area contributed by atoms with Crippen LogP contribution in [0.3, 0.4) is 0 Å². The van der Waals surface area contributed by atoms with E-state index in [4.69, 9.17) is 4.42 Å². The second-order valence-electron chi connectivity index (χ2n) is 5.27.